The monoisotopic (exact) mass is 352 g/mol. The van der Waals surface area contributed by atoms with Crippen LogP contribution in [0.15, 0.2) is 48.5 Å². The Morgan fingerprint density at radius 2 is 1.85 bits per heavy atom. The van der Waals surface area contributed by atoms with E-state index in [4.69, 9.17) is 4.74 Å². The number of carbonyl (C=O) groups excluding carboxylic acids is 1. The molecule has 0 saturated carbocycles. The molecule has 8 nitrogen and oxygen atoms in total. The number of tetrazole rings is 1. The molecule has 0 saturated heterocycles. The maximum Gasteiger partial charge on any atom is 0.319 e. The molecule has 1 heterocycles. The first-order valence-corrected chi connectivity index (χ1v) is 8.27. The molecule has 0 atom stereocenters. The number of ether oxygens (including phenoxy) is 1. The van der Waals surface area contributed by atoms with E-state index in [1.165, 1.54) is 0 Å². The standard InChI is InChI=1S/C18H20N6O2/c1-3-26-16-10-8-15(9-11-16)24-17(21-22-23-24)12-19-18(25)20-14-6-4-13(2)5-7-14/h4-11H,3,12H2,1-2H3,(H2,19,20,25). The fourth-order valence-electron chi connectivity index (χ4n) is 2.34. The van der Waals surface area contributed by atoms with Gasteiger partial charge in [-0.3, -0.25) is 0 Å². The molecule has 0 radical (unpaired) electrons. The summed E-state index contributed by atoms with van der Waals surface area (Å²) in [6, 6.07) is 14.6. The highest BCUT2D eigenvalue weighted by Gasteiger charge is 2.10. The van der Waals surface area contributed by atoms with Crippen molar-refractivity contribution >= 4 is 11.7 Å². The van der Waals surface area contributed by atoms with Crippen molar-refractivity contribution in [2.45, 2.75) is 20.4 Å². The Labute approximate surface area is 151 Å². The number of carbonyl (C=O) groups is 1. The van der Waals surface area contributed by atoms with Crippen LogP contribution in [-0.2, 0) is 6.54 Å². The second kappa shape index (κ2) is 8.11. The van der Waals surface area contributed by atoms with Gasteiger partial charge < -0.3 is 15.4 Å². The van der Waals surface area contributed by atoms with E-state index >= 15 is 0 Å². The largest absolute Gasteiger partial charge is 0.494 e. The van der Waals surface area contributed by atoms with E-state index in [2.05, 4.69) is 26.2 Å². The van der Waals surface area contributed by atoms with Gasteiger partial charge in [0.25, 0.3) is 0 Å². The van der Waals surface area contributed by atoms with Crippen molar-refractivity contribution in [2.75, 3.05) is 11.9 Å². The number of benzene rings is 2. The van der Waals surface area contributed by atoms with Crippen LogP contribution in [0, 0.1) is 6.92 Å². The molecule has 0 bridgehead atoms. The lowest BCUT2D eigenvalue weighted by molar-refractivity contribution is 0.251. The topological polar surface area (TPSA) is 94.0 Å². The highest BCUT2D eigenvalue weighted by molar-refractivity contribution is 5.89. The zero-order valence-corrected chi connectivity index (χ0v) is 14.6. The SMILES string of the molecule is CCOc1ccc(-n2nnnc2CNC(=O)Nc2ccc(C)cc2)cc1. The van der Waals surface area contributed by atoms with Gasteiger partial charge in [-0.05, 0) is 60.7 Å². The average Bonchev–Trinajstić information content (AvgIpc) is 3.11. The van der Waals surface area contributed by atoms with Crippen molar-refractivity contribution in [1.29, 1.82) is 0 Å². The summed E-state index contributed by atoms with van der Waals surface area (Å²) in [5.41, 5.74) is 2.64. The minimum atomic E-state index is -0.324. The summed E-state index contributed by atoms with van der Waals surface area (Å²) in [4.78, 5) is 12.0. The molecular formula is C18H20N6O2. The van der Waals surface area contributed by atoms with Crippen molar-refractivity contribution in [2.24, 2.45) is 0 Å². The van der Waals surface area contributed by atoms with Gasteiger partial charge in [0.1, 0.15) is 5.75 Å². The van der Waals surface area contributed by atoms with E-state index in [1.54, 1.807) is 4.68 Å². The smallest absolute Gasteiger partial charge is 0.319 e. The molecule has 0 aliphatic heterocycles. The number of rotatable bonds is 6. The summed E-state index contributed by atoms with van der Waals surface area (Å²) in [7, 11) is 0. The minimum absolute atomic E-state index is 0.192. The van der Waals surface area contributed by atoms with Crippen molar-refractivity contribution in [1.82, 2.24) is 25.5 Å². The summed E-state index contributed by atoms with van der Waals surface area (Å²) in [6.07, 6.45) is 0. The summed E-state index contributed by atoms with van der Waals surface area (Å²) < 4.78 is 7.00. The predicted octanol–water partition coefficient (Wildman–Crippen LogP) is 2.69. The third-order valence-corrected chi connectivity index (χ3v) is 3.64. The number of aryl methyl sites for hydroxylation is 1. The Balaban J connectivity index is 1.61. The van der Waals surface area contributed by atoms with Crippen LogP contribution in [0.1, 0.15) is 18.3 Å². The zero-order valence-electron chi connectivity index (χ0n) is 14.6. The Morgan fingerprint density at radius 1 is 1.12 bits per heavy atom. The van der Waals surface area contributed by atoms with Gasteiger partial charge in [0, 0.05) is 5.69 Å². The second-order valence-corrected chi connectivity index (χ2v) is 5.61. The minimum Gasteiger partial charge on any atom is -0.494 e. The lowest BCUT2D eigenvalue weighted by atomic mass is 10.2. The first-order chi connectivity index (χ1) is 12.7. The summed E-state index contributed by atoms with van der Waals surface area (Å²) in [6.45, 7) is 4.72. The Morgan fingerprint density at radius 3 is 2.54 bits per heavy atom. The van der Waals surface area contributed by atoms with Crippen LogP contribution in [0.5, 0.6) is 5.75 Å². The highest BCUT2D eigenvalue weighted by Crippen LogP contribution is 2.15. The lowest BCUT2D eigenvalue weighted by Crippen LogP contribution is -2.29. The van der Waals surface area contributed by atoms with Gasteiger partial charge in [-0.1, -0.05) is 17.7 Å². The number of nitrogens with one attached hydrogen (secondary N) is 2. The van der Waals surface area contributed by atoms with Gasteiger partial charge in [-0.25, -0.2) is 4.79 Å². The van der Waals surface area contributed by atoms with Crippen molar-refractivity contribution in [3.05, 3.63) is 59.9 Å². The van der Waals surface area contributed by atoms with E-state index in [1.807, 2.05) is 62.4 Å². The van der Waals surface area contributed by atoms with E-state index in [0.717, 1.165) is 22.7 Å². The zero-order chi connectivity index (χ0) is 18.4. The number of anilines is 1. The van der Waals surface area contributed by atoms with Gasteiger partial charge in [-0.2, -0.15) is 4.68 Å². The number of hydrogen-bond donors (Lipinski definition) is 2. The fourth-order valence-corrected chi connectivity index (χ4v) is 2.34. The van der Waals surface area contributed by atoms with E-state index < -0.39 is 0 Å². The molecular weight excluding hydrogens is 332 g/mol. The van der Waals surface area contributed by atoms with Crippen LogP contribution in [0.4, 0.5) is 10.5 Å². The van der Waals surface area contributed by atoms with Gasteiger partial charge in [0.2, 0.25) is 0 Å². The summed E-state index contributed by atoms with van der Waals surface area (Å²) >= 11 is 0. The molecule has 2 aromatic carbocycles. The van der Waals surface area contributed by atoms with Crippen LogP contribution < -0.4 is 15.4 Å². The van der Waals surface area contributed by atoms with Gasteiger partial charge in [0.05, 0.1) is 18.8 Å². The molecule has 0 aliphatic carbocycles. The van der Waals surface area contributed by atoms with Crippen LogP contribution in [0.25, 0.3) is 5.69 Å². The third kappa shape index (κ3) is 4.35. The number of aromatic nitrogens is 4. The van der Waals surface area contributed by atoms with E-state index in [9.17, 15) is 4.79 Å². The number of amides is 2. The molecule has 0 fully saturated rings. The van der Waals surface area contributed by atoms with Crippen LogP contribution in [0.2, 0.25) is 0 Å². The van der Waals surface area contributed by atoms with Crippen LogP contribution in [-0.4, -0.2) is 32.8 Å². The van der Waals surface area contributed by atoms with Gasteiger partial charge in [-0.15, -0.1) is 5.10 Å². The molecule has 2 amide bonds. The molecule has 1 aromatic heterocycles. The quantitative estimate of drug-likeness (QED) is 0.711. The molecule has 8 heteroatoms. The highest BCUT2D eigenvalue weighted by atomic mass is 16.5. The van der Waals surface area contributed by atoms with E-state index in [-0.39, 0.29) is 12.6 Å². The fraction of sp³-hybridized carbons (Fsp3) is 0.222. The molecule has 26 heavy (non-hydrogen) atoms. The number of nitrogens with zero attached hydrogens (tertiary/aromatic N) is 4. The molecule has 0 aliphatic rings. The normalized spacial score (nSPS) is 10.4. The first kappa shape index (κ1) is 17.4. The number of hydrogen-bond acceptors (Lipinski definition) is 5. The van der Waals surface area contributed by atoms with Crippen molar-refractivity contribution < 1.29 is 9.53 Å². The average molecular weight is 352 g/mol. The van der Waals surface area contributed by atoms with Gasteiger partial charge >= 0.3 is 6.03 Å². The number of urea groups is 1. The van der Waals surface area contributed by atoms with Crippen molar-refractivity contribution in [3.63, 3.8) is 0 Å². The first-order valence-electron chi connectivity index (χ1n) is 8.27. The van der Waals surface area contributed by atoms with Crippen LogP contribution >= 0.6 is 0 Å². The molecule has 0 unspecified atom stereocenters. The summed E-state index contributed by atoms with van der Waals surface area (Å²) in [5, 5.41) is 17.2. The molecule has 0 spiro atoms. The van der Waals surface area contributed by atoms with Crippen LogP contribution in [0.3, 0.4) is 0 Å². The lowest BCUT2D eigenvalue weighted by Gasteiger charge is -2.09. The molecule has 3 aromatic rings. The Bertz CT molecular complexity index is 858. The maximum atomic E-state index is 12.0. The molecule has 3 rings (SSSR count). The third-order valence-electron chi connectivity index (χ3n) is 3.64. The molecule has 2 N–H and O–H groups in total. The Kier molecular flexibility index (Phi) is 5.43. The van der Waals surface area contributed by atoms with E-state index in [0.29, 0.717) is 12.4 Å². The molecule has 134 valence electrons. The summed E-state index contributed by atoms with van der Waals surface area (Å²) in [5.74, 6) is 1.30. The Hall–Kier alpha value is -3.42. The van der Waals surface area contributed by atoms with Gasteiger partial charge in [0.15, 0.2) is 5.82 Å². The second-order valence-electron chi connectivity index (χ2n) is 5.61. The maximum absolute atomic E-state index is 12.0. The van der Waals surface area contributed by atoms with Crippen molar-refractivity contribution in [3.8, 4) is 11.4 Å². The predicted molar refractivity (Wildman–Crippen MR) is 97.4 cm³/mol.